The van der Waals surface area contributed by atoms with E-state index in [1.807, 2.05) is 6.92 Å². The smallest absolute Gasteiger partial charge is 0.293 e. The second kappa shape index (κ2) is 8.53. The molecule has 1 N–H and O–H groups in total. The maximum absolute atomic E-state index is 12.9. The Kier molecular flexibility index (Phi) is 6.33. The molecular formula is C18H27N3O5S. The van der Waals surface area contributed by atoms with Crippen LogP contribution in [-0.4, -0.2) is 49.5 Å². The molecule has 9 heteroatoms. The first-order valence-corrected chi connectivity index (χ1v) is 11.0. The molecule has 0 amide bonds. The monoisotopic (exact) mass is 397 g/mol. The number of rotatable bonds is 6. The molecule has 0 spiro atoms. The summed E-state index contributed by atoms with van der Waals surface area (Å²) in [4.78, 5) is 11.0. The molecule has 0 radical (unpaired) electrons. The minimum absolute atomic E-state index is 0.00473. The van der Waals surface area contributed by atoms with Gasteiger partial charge in [-0.3, -0.25) is 10.1 Å². The number of nitrogens with zero attached hydrogens (tertiary/aromatic N) is 2. The molecular weight excluding hydrogens is 370 g/mol. The van der Waals surface area contributed by atoms with Gasteiger partial charge in [-0.05, 0) is 44.7 Å². The van der Waals surface area contributed by atoms with Crippen molar-refractivity contribution in [3.63, 3.8) is 0 Å². The van der Waals surface area contributed by atoms with Crippen LogP contribution in [0.1, 0.15) is 45.4 Å². The summed E-state index contributed by atoms with van der Waals surface area (Å²) in [7, 11) is -3.73. The molecule has 0 aliphatic carbocycles. The average molecular weight is 397 g/mol. The molecule has 2 aliphatic rings. The number of sulfonamides is 1. The Morgan fingerprint density at radius 3 is 2.52 bits per heavy atom. The van der Waals surface area contributed by atoms with E-state index in [1.165, 1.54) is 22.5 Å². The normalized spacial score (nSPS) is 22.9. The van der Waals surface area contributed by atoms with Crippen LogP contribution in [0.15, 0.2) is 23.1 Å². The van der Waals surface area contributed by atoms with E-state index in [0.717, 1.165) is 38.5 Å². The first kappa shape index (κ1) is 20.0. The van der Waals surface area contributed by atoms with Crippen LogP contribution < -0.4 is 5.32 Å². The molecule has 2 heterocycles. The topological polar surface area (TPSA) is 102 Å². The summed E-state index contributed by atoms with van der Waals surface area (Å²) in [6.07, 6.45) is 5.55. The first-order valence-electron chi connectivity index (χ1n) is 9.56. The van der Waals surface area contributed by atoms with Gasteiger partial charge in [-0.2, -0.15) is 4.31 Å². The van der Waals surface area contributed by atoms with Gasteiger partial charge in [-0.15, -0.1) is 0 Å². The summed E-state index contributed by atoms with van der Waals surface area (Å²) in [5.74, 6) is 0. The van der Waals surface area contributed by atoms with Gasteiger partial charge in [0.1, 0.15) is 5.69 Å². The molecule has 2 fully saturated rings. The Morgan fingerprint density at radius 1 is 1.22 bits per heavy atom. The van der Waals surface area contributed by atoms with E-state index >= 15 is 0 Å². The molecule has 0 bridgehead atoms. The second-order valence-corrected chi connectivity index (χ2v) is 9.18. The van der Waals surface area contributed by atoms with Crippen LogP contribution in [0, 0.1) is 10.1 Å². The zero-order chi connectivity index (χ0) is 19.4. The molecule has 8 nitrogen and oxygen atoms in total. The third kappa shape index (κ3) is 4.59. The Balaban J connectivity index is 1.85. The summed E-state index contributed by atoms with van der Waals surface area (Å²) < 4.78 is 32.9. The zero-order valence-corrected chi connectivity index (χ0v) is 16.4. The van der Waals surface area contributed by atoms with Crippen molar-refractivity contribution in [2.75, 3.05) is 25.0 Å². The lowest BCUT2D eigenvalue weighted by Crippen LogP contribution is -2.32. The van der Waals surface area contributed by atoms with Gasteiger partial charge in [0.05, 0.1) is 15.9 Å². The van der Waals surface area contributed by atoms with Gasteiger partial charge >= 0.3 is 0 Å². The van der Waals surface area contributed by atoms with Gasteiger partial charge in [0.25, 0.3) is 5.69 Å². The van der Waals surface area contributed by atoms with Crippen molar-refractivity contribution in [2.24, 2.45) is 0 Å². The van der Waals surface area contributed by atoms with Crippen LogP contribution in [0.2, 0.25) is 0 Å². The lowest BCUT2D eigenvalue weighted by atomic mass is 10.1. The molecule has 2 unspecified atom stereocenters. The van der Waals surface area contributed by atoms with E-state index in [4.69, 9.17) is 4.74 Å². The van der Waals surface area contributed by atoms with Crippen LogP contribution in [0.5, 0.6) is 0 Å². The lowest BCUT2D eigenvalue weighted by Gasteiger charge is -2.22. The zero-order valence-electron chi connectivity index (χ0n) is 15.6. The average Bonchev–Trinajstić information content (AvgIpc) is 3.03. The van der Waals surface area contributed by atoms with E-state index in [2.05, 4.69) is 5.32 Å². The van der Waals surface area contributed by atoms with Crippen molar-refractivity contribution in [3.05, 3.63) is 28.3 Å². The summed E-state index contributed by atoms with van der Waals surface area (Å²) >= 11 is 0. The molecule has 2 atom stereocenters. The number of anilines is 1. The fourth-order valence-corrected chi connectivity index (χ4v) is 5.25. The fraction of sp³-hybridized carbons (Fsp3) is 0.667. The van der Waals surface area contributed by atoms with Crippen molar-refractivity contribution in [2.45, 2.75) is 62.5 Å². The Hall–Kier alpha value is -1.71. The molecule has 1 aromatic rings. The second-order valence-electron chi connectivity index (χ2n) is 7.24. The minimum Gasteiger partial charge on any atom is -0.376 e. The third-order valence-corrected chi connectivity index (χ3v) is 7.17. The molecule has 0 saturated carbocycles. The van der Waals surface area contributed by atoms with E-state index < -0.39 is 14.9 Å². The Labute approximate surface area is 160 Å². The van der Waals surface area contributed by atoms with E-state index in [1.54, 1.807) is 0 Å². The highest BCUT2D eigenvalue weighted by molar-refractivity contribution is 7.89. The number of hydrogen-bond donors (Lipinski definition) is 1. The van der Waals surface area contributed by atoms with Crippen LogP contribution in [0.3, 0.4) is 0 Å². The minimum atomic E-state index is -3.73. The highest BCUT2D eigenvalue weighted by atomic mass is 32.2. The maximum atomic E-state index is 12.9. The summed E-state index contributed by atoms with van der Waals surface area (Å²) in [6.45, 7) is 3.55. The first-order chi connectivity index (χ1) is 12.9. The van der Waals surface area contributed by atoms with Gasteiger partial charge in [0.15, 0.2) is 0 Å². The van der Waals surface area contributed by atoms with Crippen molar-refractivity contribution in [1.29, 1.82) is 0 Å². The Bertz CT molecular complexity index is 769. The predicted octanol–water partition coefficient (Wildman–Crippen LogP) is 3.14. The number of benzene rings is 1. The van der Waals surface area contributed by atoms with E-state index in [-0.39, 0.29) is 22.7 Å². The number of nitro benzene ring substituents is 1. The maximum Gasteiger partial charge on any atom is 0.293 e. The number of nitrogens with one attached hydrogen (secondary N) is 1. The van der Waals surface area contributed by atoms with Crippen LogP contribution in [0.4, 0.5) is 11.4 Å². The standard InChI is InChI=1S/C18H27N3O5S/c1-14(18-7-6-12-26-18)19-16-9-8-15(13-17(16)21(22)23)27(24,25)20-10-4-2-3-5-11-20/h8-9,13-14,18-19H,2-7,10-12H2,1H3. The van der Waals surface area contributed by atoms with Gasteiger partial charge in [0.2, 0.25) is 10.0 Å². The summed E-state index contributed by atoms with van der Waals surface area (Å²) in [5.41, 5.74) is 0.0913. The lowest BCUT2D eigenvalue weighted by molar-refractivity contribution is -0.384. The molecule has 2 aliphatic heterocycles. The summed E-state index contributed by atoms with van der Waals surface area (Å²) in [5, 5.41) is 14.7. The van der Waals surface area contributed by atoms with E-state index in [0.29, 0.717) is 25.4 Å². The van der Waals surface area contributed by atoms with E-state index in [9.17, 15) is 18.5 Å². The molecule has 150 valence electrons. The van der Waals surface area contributed by atoms with Crippen LogP contribution in [-0.2, 0) is 14.8 Å². The largest absolute Gasteiger partial charge is 0.376 e. The molecule has 27 heavy (non-hydrogen) atoms. The molecule has 3 rings (SSSR count). The van der Waals surface area contributed by atoms with Gasteiger partial charge in [-0.25, -0.2) is 8.42 Å². The van der Waals surface area contributed by atoms with Crippen LogP contribution >= 0.6 is 0 Å². The van der Waals surface area contributed by atoms with Crippen LogP contribution in [0.25, 0.3) is 0 Å². The quantitative estimate of drug-likeness (QED) is 0.584. The fourth-order valence-electron chi connectivity index (χ4n) is 3.71. The van der Waals surface area contributed by atoms with Gasteiger partial charge in [-0.1, -0.05) is 12.8 Å². The number of nitro groups is 1. The van der Waals surface area contributed by atoms with Crippen molar-refractivity contribution in [1.82, 2.24) is 4.31 Å². The highest BCUT2D eigenvalue weighted by Gasteiger charge is 2.29. The van der Waals surface area contributed by atoms with Crippen molar-refractivity contribution < 1.29 is 18.1 Å². The van der Waals surface area contributed by atoms with Crippen molar-refractivity contribution in [3.8, 4) is 0 Å². The van der Waals surface area contributed by atoms with Gasteiger partial charge in [0, 0.05) is 31.8 Å². The third-order valence-electron chi connectivity index (χ3n) is 5.27. The molecule has 2 saturated heterocycles. The highest BCUT2D eigenvalue weighted by Crippen LogP contribution is 2.31. The summed E-state index contributed by atoms with van der Waals surface area (Å²) in [6, 6.07) is 4.02. The number of ether oxygens (including phenoxy) is 1. The van der Waals surface area contributed by atoms with Crippen molar-refractivity contribution >= 4 is 21.4 Å². The predicted molar refractivity (Wildman–Crippen MR) is 102 cm³/mol. The molecule has 1 aromatic carbocycles. The number of hydrogen-bond acceptors (Lipinski definition) is 6. The SMILES string of the molecule is CC(Nc1ccc(S(=O)(=O)N2CCCCCC2)cc1[N+](=O)[O-])C1CCCO1. The van der Waals surface area contributed by atoms with Gasteiger partial charge < -0.3 is 10.1 Å². The molecule has 0 aromatic heterocycles. The Morgan fingerprint density at radius 2 is 1.93 bits per heavy atom.